The van der Waals surface area contributed by atoms with Gasteiger partial charge < -0.3 is 10.2 Å². The van der Waals surface area contributed by atoms with Gasteiger partial charge in [-0.1, -0.05) is 44.2 Å². The van der Waals surface area contributed by atoms with Gasteiger partial charge in [-0.25, -0.2) is 0 Å². The molecule has 1 fully saturated rings. The summed E-state index contributed by atoms with van der Waals surface area (Å²) in [6, 6.07) is 10.2. The fraction of sp³-hybridized carbons (Fsp3) is 0.529. The predicted octanol–water partition coefficient (Wildman–Crippen LogP) is 2.54. The minimum atomic E-state index is -0.0891. The summed E-state index contributed by atoms with van der Waals surface area (Å²) >= 11 is 0. The largest absolute Gasteiger partial charge is 0.371 e. The first-order valence-electron chi connectivity index (χ1n) is 7.51. The van der Waals surface area contributed by atoms with Gasteiger partial charge in [0.05, 0.1) is 30.9 Å². The van der Waals surface area contributed by atoms with Gasteiger partial charge in [0.2, 0.25) is 0 Å². The molecule has 112 valence electrons. The van der Waals surface area contributed by atoms with E-state index in [1.54, 1.807) is 0 Å². The molecule has 3 rings (SSSR count). The van der Waals surface area contributed by atoms with Crippen LogP contribution in [0.4, 0.5) is 0 Å². The second-order valence-electron chi connectivity index (χ2n) is 6.81. The number of Topliss-reactive ketones (excluding diaryl/α,β-unsaturated/α-hetero) is 1. The third-order valence-electron chi connectivity index (χ3n) is 4.27. The van der Waals surface area contributed by atoms with Crippen molar-refractivity contribution in [2.75, 3.05) is 6.61 Å². The number of nitrogens with zero attached hydrogens (tertiary/aromatic N) is 1. The van der Waals surface area contributed by atoms with Crippen molar-refractivity contribution in [1.29, 1.82) is 0 Å². The Morgan fingerprint density at radius 1 is 1.29 bits per heavy atom. The van der Waals surface area contributed by atoms with Gasteiger partial charge in [-0.05, 0) is 17.4 Å². The van der Waals surface area contributed by atoms with Crippen molar-refractivity contribution in [3.63, 3.8) is 0 Å². The van der Waals surface area contributed by atoms with E-state index in [4.69, 9.17) is 4.74 Å². The summed E-state index contributed by atoms with van der Waals surface area (Å²) < 4.78 is 5.73. The third-order valence-corrected chi connectivity index (χ3v) is 4.27. The van der Waals surface area contributed by atoms with Gasteiger partial charge in [0.15, 0.2) is 0 Å². The zero-order valence-corrected chi connectivity index (χ0v) is 12.6. The van der Waals surface area contributed by atoms with Crippen molar-refractivity contribution >= 4 is 11.5 Å². The molecule has 0 radical (unpaired) electrons. The monoisotopic (exact) mass is 286 g/mol. The zero-order chi connectivity index (χ0) is 14.9. The molecule has 0 saturated heterocycles. The van der Waals surface area contributed by atoms with E-state index in [1.807, 2.05) is 30.3 Å². The van der Waals surface area contributed by atoms with Gasteiger partial charge >= 0.3 is 0 Å². The Morgan fingerprint density at radius 3 is 2.81 bits per heavy atom. The van der Waals surface area contributed by atoms with Crippen LogP contribution in [0, 0.1) is 11.3 Å². The maximum absolute atomic E-state index is 12.4. The standard InChI is InChI=1S/C17H22N2O2/c1-17(2)8-13-16(15(20)9-17)14(19-18-13)11-21-10-12-6-4-3-5-7-12/h3-7,13,16,18H,8-11H2,1-2H3/t13-,16-/m0/s1. The molecule has 21 heavy (non-hydrogen) atoms. The zero-order valence-electron chi connectivity index (χ0n) is 12.6. The van der Waals surface area contributed by atoms with Crippen LogP contribution in [0.25, 0.3) is 0 Å². The summed E-state index contributed by atoms with van der Waals surface area (Å²) in [6.07, 6.45) is 1.61. The van der Waals surface area contributed by atoms with Crippen molar-refractivity contribution in [3.05, 3.63) is 35.9 Å². The van der Waals surface area contributed by atoms with Crippen LogP contribution in [-0.2, 0) is 16.1 Å². The molecule has 1 aromatic carbocycles. The summed E-state index contributed by atoms with van der Waals surface area (Å²) in [6.45, 7) is 5.27. The highest BCUT2D eigenvalue weighted by Gasteiger charge is 2.45. The quantitative estimate of drug-likeness (QED) is 0.925. The van der Waals surface area contributed by atoms with Crippen molar-refractivity contribution in [3.8, 4) is 0 Å². The number of hydrazone groups is 1. The number of fused-ring (bicyclic) bond motifs is 1. The van der Waals surface area contributed by atoms with E-state index in [0.29, 0.717) is 25.4 Å². The fourth-order valence-electron chi connectivity index (χ4n) is 3.33. The highest BCUT2D eigenvalue weighted by molar-refractivity contribution is 6.08. The maximum atomic E-state index is 12.4. The number of ether oxygens (including phenoxy) is 1. The fourth-order valence-corrected chi connectivity index (χ4v) is 3.33. The number of ketones is 1. The summed E-state index contributed by atoms with van der Waals surface area (Å²) in [5.41, 5.74) is 5.19. The molecule has 0 spiro atoms. The van der Waals surface area contributed by atoms with Gasteiger partial charge in [-0.3, -0.25) is 4.79 Å². The molecule has 0 aromatic heterocycles. The van der Waals surface area contributed by atoms with Crippen LogP contribution in [0.1, 0.15) is 32.3 Å². The first kappa shape index (κ1) is 14.3. The normalized spacial score (nSPS) is 27.0. The molecule has 0 bridgehead atoms. The van der Waals surface area contributed by atoms with Crippen LogP contribution in [-0.4, -0.2) is 24.1 Å². The number of nitrogens with one attached hydrogen (secondary N) is 1. The van der Waals surface area contributed by atoms with Gasteiger partial charge in [0.25, 0.3) is 0 Å². The molecule has 0 unspecified atom stereocenters. The van der Waals surface area contributed by atoms with Crippen LogP contribution in [0.15, 0.2) is 35.4 Å². The third kappa shape index (κ3) is 3.16. The van der Waals surface area contributed by atoms with Crippen LogP contribution < -0.4 is 5.43 Å². The van der Waals surface area contributed by atoms with E-state index in [2.05, 4.69) is 24.4 Å². The van der Waals surface area contributed by atoms with Crippen molar-refractivity contribution in [1.82, 2.24) is 5.43 Å². The second kappa shape index (κ2) is 5.60. The molecule has 1 saturated carbocycles. The van der Waals surface area contributed by atoms with Crippen molar-refractivity contribution < 1.29 is 9.53 Å². The molecular weight excluding hydrogens is 264 g/mol. The smallest absolute Gasteiger partial charge is 0.144 e. The van der Waals surface area contributed by atoms with E-state index in [0.717, 1.165) is 17.7 Å². The van der Waals surface area contributed by atoms with Gasteiger partial charge in [0, 0.05) is 6.42 Å². The van der Waals surface area contributed by atoms with E-state index >= 15 is 0 Å². The lowest BCUT2D eigenvalue weighted by molar-refractivity contribution is -0.126. The van der Waals surface area contributed by atoms with Gasteiger partial charge in [0.1, 0.15) is 5.78 Å². The van der Waals surface area contributed by atoms with Gasteiger partial charge in [-0.15, -0.1) is 0 Å². The molecule has 1 aliphatic heterocycles. The Bertz CT molecular complexity index is 551. The van der Waals surface area contributed by atoms with Crippen molar-refractivity contribution in [2.45, 2.75) is 39.3 Å². The molecule has 1 heterocycles. The Kier molecular flexibility index (Phi) is 3.81. The van der Waals surface area contributed by atoms with E-state index in [1.165, 1.54) is 0 Å². The number of rotatable bonds is 4. The number of benzene rings is 1. The topological polar surface area (TPSA) is 50.7 Å². The Hall–Kier alpha value is -1.68. The van der Waals surface area contributed by atoms with Gasteiger partial charge in [-0.2, -0.15) is 5.10 Å². The minimum absolute atomic E-state index is 0.0706. The second-order valence-corrected chi connectivity index (χ2v) is 6.81. The molecule has 1 aromatic rings. The summed E-state index contributed by atoms with van der Waals surface area (Å²) in [7, 11) is 0. The number of hydrogen-bond acceptors (Lipinski definition) is 4. The highest BCUT2D eigenvalue weighted by atomic mass is 16.5. The Labute approximate surface area is 125 Å². The maximum Gasteiger partial charge on any atom is 0.144 e. The lowest BCUT2D eigenvalue weighted by Crippen LogP contribution is -2.46. The average Bonchev–Trinajstić information content (AvgIpc) is 2.81. The summed E-state index contributed by atoms with van der Waals surface area (Å²) in [5.74, 6) is 0.206. The lowest BCUT2D eigenvalue weighted by Gasteiger charge is -2.36. The first-order chi connectivity index (χ1) is 10.1. The lowest BCUT2D eigenvalue weighted by atomic mass is 9.69. The number of carbonyl (C=O) groups is 1. The average molecular weight is 286 g/mol. The summed E-state index contributed by atoms with van der Waals surface area (Å²) in [4.78, 5) is 12.4. The van der Waals surface area contributed by atoms with E-state index in [-0.39, 0.29) is 17.4 Å². The SMILES string of the molecule is CC1(C)CC(=O)[C@@H]2C(COCc3ccccc3)=NN[C@H]2C1. The molecule has 0 amide bonds. The van der Waals surface area contributed by atoms with Crippen LogP contribution >= 0.6 is 0 Å². The first-order valence-corrected chi connectivity index (χ1v) is 7.51. The molecule has 1 N–H and O–H groups in total. The van der Waals surface area contributed by atoms with E-state index in [9.17, 15) is 4.79 Å². The van der Waals surface area contributed by atoms with Crippen LogP contribution in [0.3, 0.4) is 0 Å². The molecular formula is C17H22N2O2. The molecule has 4 heteroatoms. The molecule has 2 atom stereocenters. The summed E-state index contributed by atoms with van der Waals surface area (Å²) in [5, 5.41) is 4.35. The van der Waals surface area contributed by atoms with Crippen LogP contribution in [0.2, 0.25) is 0 Å². The Morgan fingerprint density at radius 2 is 2.05 bits per heavy atom. The van der Waals surface area contributed by atoms with Crippen LogP contribution in [0.5, 0.6) is 0 Å². The molecule has 1 aliphatic carbocycles. The van der Waals surface area contributed by atoms with Crippen molar-refractivity contribution in [2.24, 2.45) is 16.4 Å². The van der Waals surface area contributed by atoms with E-state index < -0.39 is 0 Å². The predicted molar refractivity (Wildman–Crippen MR) is 82.0 cm³/mol. The minimum Gasteiger partial charge on any atom is -0.371 e. The molecule has 2 aliphatic rings. The number of hydrogen-bond donors (Lipinski definition) is 1. The Balaban J connectivity index is 1.57. The molecule has 4 nitrogen and oxygen atoms in total. The number of carbonyl (C=O) groups excluding carboxylic acids is 1. The highest BCUT2D eigenvalue weighted by Crippen LogP contribution is 2.38.